The van der Waals surface area contributed by atoms with Crippen LogP contribution in [0.2, 0.25) is 0 Å². The second kappa shape index (κ2) is 7.48. The zero-order valence-corrected chi connectivity index (χ0v) is 17.7. The lowest BCUT2D eigenvalue weighted by Gasteiger charge is -2.24. The monoisotopic (exact) mass is 474 g/mol. The lowest BCUT2D eigenvalue weighted by molar-refractivity contribution is -0.137. The summed E-state index contributed by atoms with van der Waals surface area (Å²) in [6.45, 7) is 0. The normalized spacial score (nSPS) is 16.0. The fourth-order valence-corrected chi connectivity index (χ4v) is 5.20. The van der Waals surface area contributed by atoms with Gasteiger partial charge in [0.2, 0.25) is 5.91 Å². The number of nitrogens with one attached hydrogen (secondary N) is 2. The highest BCUT2D eigenvalue weighted by Crippen LogP contribution is 2.32. The van der Waals surface area contributed by atoms with Crippen molar-refractivity contribution in [3.63, 3.8) is 0 Å². The first-order chi connectivity index (χ1) is 15.6. The molecule has 0 atom stereocenters. The predicted octanol–water partition coefficient (Wildman–Crippen LogP) is 4.02. The molecule has 5 rings (SSSR count). The molecule has 1 aliphatic heterocycles. The Hall–Kier alpha value is -3.60. The number of anilines is 1. The molecule has 1 saturated heterocycles. The average Bonchev–Trinajstić information content (AvgIpc) is 3.39. The van der Waals surface area contributed by atoms with E-state index >= 15 is 0 Å². The van der Waals surface area contributed by atoms with Gasteiger partial charge in [0.15, 0.2) is 9.84 Å². The highest BCUT2D eigenvalue weighted by atomic mass is 32.2. The van der Waals surface area contributed by atoms with Gasteiger partial charge >= 0.3 is 6.18 Å². The van der Waals surface area contributed by atoms with Crippen molar-refractivity contribution in [1.82, 2.24) is 14.8 Å². The van der Waals surface area contributed by atoms with Crippen LogP contribution in [-0.4, -0.2) is 40.6 Å². The third-order valence-electron chi connectivity index (χ3n) is 5.60. The number of benzene rings is 2. The molecule has 2 aromatic heterocycles. The Morgan fingerprint density at radius 1 is 1.09 bits per heavy atom. The first kappa shape index (κ1) is 21.3. The number of aromatic amines is 1. The molecule has 0 aliphatic carbocycles. The molecule has 1 aliphatic rings. The topological polar surface area (TPSA) is 96.8 Å². The summed E-state index contributed by atoms with van der Waals surface area (Å²) in [5.74, 6) is -1.18. The minimum Gasteiger partial charge on any atom is -0.359 e. The van der Waals surface area contributed by atoms with E-state index in [1.165, 1.54) is 16.8 Å². The Bertz CT molecular complexity index is 1460. The quantitative estimate of drug-likeness (QED) is 0.467. The average molecular weight is 474 g/mol. The van der Waals surface area contributed by atoms with Crippen molar-refractivity contribution >= 4 is 32.3 Å². The number of carbonyl (C=O) groups is 1. The van der Waals surface area contributed by atoms with Crippen LogP contribution in [0.5, 0.6) is 0 Å². The summed E-state index contributed by atoms with van der Waals surface area (Å²) < 4.78 is 62.5. The minimum absolute atomic E-state index is 0.143. The van der Waals surface area contributed by atoms with Crippen molar-refractivity contribution in [2.45, 2.75) is 6.18 Å². The van der Waals surface area contributed by atoms with Crippen LogP contribution in [0, 0.1) is 5.92 Å². The zero-order valence-electron chi connectivity index (χ0n) is 16.9. The summed E-state index contributed by atoms with van der Waals surface area (Å²) in [7, 11) is -3.10. The molecule has 1 fully saturated rings. The van der Waals surface area contributed by atoms with E-state index in [1.807, 2.05) is 18.2 Å². The lowest BCUT2D eigenvalue weighted by Crippen LogP contribution is -2.44. The van der Waals surface area contributed by atoms with Gasteiger partial charge in [0.1, 0.15) is 0 Å². The second-order valence-electron chi connectivity index (χ2n) is 7.94. The maximum Gasteiger partial charge on any atom is 0.416 e. The van der Waals surface area contributed by atoms with Crippen LogP contribution in [0.3, 0.4) is 0 Å². The fourth-order valence-electron chi connectivity index (χ4n) is 3.77. The number of nitrogens with zero attached hydrogens (tertiary/aromatic N) is 2. The molecule has 0 unspecified atom stereocenters. The van der Waals surface area contributed by atoms with Gasteiger partial charge in [-0.1, -0.05) is 6.07 Å². The van der Waals surface area contributed by atoms with Crippen LogP contribution in [0.4, 0.5) is 18.9 Å². The standard InChI is InChI=1S/C22H17F3N4O3S/c23-22(24,25)16-2-4-17(5-3-16)29-10-14(8-27-29)13-1-6-19-18(7-13)20(9-26-19)28-21(30)15-11-33(31,32)12-15/h1-10,15,26H,11-12H2,(H,28,30). The van der Waals surface area contributed by atoms with Crippen LogP contribution in [0.25, 0.3) is 27.7 Å². The third-order valence-corrected chi connectivity index (χ3v) is 7.42. The first-order valence-electron chi connectivity index (χ1n) is 9.94. The van der Waals surface area contributed by atoms with Crippen LogP contribution >= 0.6 is 0 Å². The molecule has 4 aromatic rings. The molecule has 1 amide bonds. The molecule has 2 aromatic carbocycles. The fraction of sp³-hybridized carbons (Fsp3) is 0.182. The Balaban J connectivity index is 1.39. The number of halogens is 3. The molecule has 0 radical (unpaired) electrons. The number of hydrogen-bond donors (Lipinski definition) is 2. The Morgan fingerprint density at radius 2 is 1.82 bits per heavy atom. The molecule has 7 nitrogen and oxygen atoms in total. The molecule has 0 spiro atoms. The van der Waals surface area contributed by atoms with Crippen LogP contribution in [-0.2, 0) is 20.8 Å². The van der Waals surface area contributed by atoms with Crippen molar-refractivity contribution in [3.8, 4) is 16.8 Å². The molecular formula is C22H17F3N4O3S. The zero-order chi connectivity index (χ0) is 23.4. The molecule has 33 heavy (non-hydrogen) atoms. The number of fused-ring (bicyclic) bond motifs is 1. The van der Waals surface area contributed by atoms with E-state index in [-0.39, 0.29) is 17.4 Å². The number of aromatic nitrogens is 3. The van der Waals surface area contributed by atoms with Crippen molar-refractivity contribution in [1.29, 1.82) is 0 Å². The van der Waals surface area contributed by atoms with E-state index in [4.69, 9.17) is 0 Å². The molecule has 170 valence electrons. The first-order valence-corrected chi connectivity index (χ1v) is 11.8. The van der Waals surface area contributed by atoms with E-state index in [0.29, 0.717) is 11.4 Å². The van der Waals surface area contributed by atoms with Crippen molar-refractivity contribution in [2.24, 2.45) is 5.92 Å². The summed E-state index contributed by atoms with van der Waals surface area (Å²) >= 11 is 0. The van der Waals surface area contributed by atoms with Gasteiger partial charge in [-0.05, 0) is 42.0 Å². The second-order valence-corrected chi connectivity index (χ2v) is 10.1. The van der Waals surface area contributed by atoms with Crippen molar-refractivity contribution in [2.75, 3.05) is 16.8 Å². The van der Waals surface area contributed by atoms with Crippen LogP contribution < -0.4 is 5.32 Å². The smallest absolute Gasteiger partial charge is 0.359 e. The number of H-pyrrole nitrogens is 1. The van der Waals surface area contributed by atoms with Gasteiger partial charge in [-0.3, -0.25) is 4.79 Å². The van der Waals surface area contributed by atoms with E-state index in [2.05, 4.69) is 15.4 Å². The maximum atomic E-state index is 12.8. The Labute approximate surface area is 186 Å². The Morgan fingerprint density at radius 3 is 2.48 bits per heavy atom. The van der Waals surface area contributed by atoms with Gasteiger partial charge in [-0.15, -0.1) is 0 Å². The van der Waals surface area contributed by atoms with E-state index in [9.17, 15) is 26.4 Å². The molecule has 0 saturated carbocycles. The number of sulfone groups is 1. The van der Waals surface area contributed by atoms with Crippen LogP contribution in [0.15, 0.2) is 61.1 Å². The van der Waals surface area contributed by atoms with Gasteiger partial charge in [0, 0.05) is 28.9 Å². The Kier molecular flexibility index (Phi) is 4.82. The summed E-state index contributed by atoms with van der Waals surface area (Å²) in [4.78, 5) is 15.4. The number of carbonyl (C=O) groups excluding carboxylic acids is 1. The highest BCUT2D eigenvalue weighted by Gasteiger charge is 2.38. The van der Waals surface area contributed by atoms with Gasteiger partial charge in [0.05, 0.1) is 40.6 Å². The lowest BCUT2D eigenvalue weighted by atomic mass is 10.1. The number of rotatable bonds is 4. The van der Waals surface area contributed by atoms with Gasteiger partial charge in [-0.25, -0.2) is 13.1 Å². The minimum atomic E-state index is -4.40. The molecule has 11 heteroatoms. The number of alkyl halides is 3. The SMILES string of the molecule is O=C(Nc1c[nH]c2ccc(-c3cnn(-c4ccc(C(F)(F)F)cc4)c3)cc12)C1CS(=O)(=O)C1. The maximum absolute atomic E-state index is 12.8. The van der Waals surface area contributed by atoms with E-state index < -0.39 is 27.5 Å². The summed E-state index contributed by atoms with van der Waals surface area (Å²) in [5, 5.41) is 7.78. The summed E-state index contributed by atoms with van der Waals surface area (Å²) in [6, 6.07) is 10.3. The highest BCUT2D eigenvalue weighted by molar-refractivity contribution is 7.92. The van der Waals surface area contributed by atoms with Gasteiger partial charge in [-0.2, -0.15) is 18.3 Å². The van der Waals surface area contributed by atoms with Crippen molar-refractivity contribution < 1.29 is 26.4 Å². The summed E-state index contributed by atoms with van der Waals surface area (Å²) in [6.07, 6.45) is 0.543. The predicted molar refractivity (Wildman–Crippen MR) is 117 cm³/mol. The largest absolute Gasteiger partial charge is 0.416 e. The molecule has 2 N–H and O–H groups in total. The van der Waals surface area contributed by atoms with Crippen molar-refractivity contribution in [3.05, 3.63) is 66.6 Å². The molecular weight excluding hydrogens is 457 g/mol. The summed E-state index contributed by atoms with van der Waals surface area (Å²) in [5.41, 5.74) is 2.61. The van der Waals surface area contributed by atoms with E-state index in [0.717, 1.165) is 34.2 Å². The molecule has 0 bridgehead atoms. The molecule has 3 heterocycles. The third kappa shape index (κ3) is 4.11. The van der Waals surface area contributed by atoms with Gasteiger partial charge < -0.3 is 10.3 Å². The number of hydrogen-bond acceptors (Lipinski definition) is 4. The van der Waals surface area contributed by atoms with E-state index in [1.54, 1.807) is 18.6 Å². The van der Waals surface area contributed by atoms with Gasteiger partial charge in [0.25, 0.3) is 0 Å². The number of amides is 1. The van der Waals surface area contributed by atoms with Crippen LogP contribution in [0.1, 0.15) is 5.56 Å².